The summed E-state index contributed by atoms with van der Waals surface area (Å²) in [4.78, 5) is 30.2. The molecular formula is C42H46F2N10O2S2. The van der Waals surface area contributed by atoms with E-state index in [0.29, 0.717) is 35.9 Å². The highest BCUT2D eigenvalue weighted by Gasteiger charge is 2.45. The quantitative estimate of drug-likeness (QED) is 0.154. The summed E-state index contributed by atoms with van der Waals surface area (Å²) in [6.45, 7) is 0.0622. The number of hydrogen-bond donors (Lipinski definition) is 3. The van der Waals surface area contributed by atoms with Crippen LogP contribution in [0.3, 0.4) is 0 Å². The molecule has 0 amide bonds. The molecule has 0 spiro atoms. The van der Waals surface area contributed by atoms with Crippen molar-refractivity contribution in [2.24, 2.45) is 46.4 Å². The molecule has 2 fully saturated rings. The Kier molecular flexibility index (Phi) is 12.5. The van der Waals surface area contributed by atoms with Crippen molar-refractivity contribution < 1.29 is 18.7 Å². The molecule has 0 aliphatic heterocycles. The standard InChI is InChI=1S/C21H24FN5OS.C21H22FN5OS/c2*1-27-13-24-20(26-27)29-18-7-2-15-8-19(25-17-5-3-16(22)4-6-17)14(11-23)9-21(15,10-18)12-28/h3-6,8,11,13,18,28H,2,7,9-10,12,23H2,1H3;3-6,8,11-13,18H,2,7,9-10,23H2,1H3/t2*18-,21+/m00/s1. The van der Waals surface area contributed by atoms with Gasteiger partial charge in [-0.3, -0.25) is 9.36 Å². The zero-order valence-electron chi connectivity index (χ0n) is 32.3. The SMILES string of the molecule is Cn1cnc(S[C@H]2CCC3=CC(=Nc4ccc(F)cc4)C(=CN)C[C@]3(C=O)C2)n1.Cn1cnc(S[C@H]2CCC3=CC(=Nc4ccc(F)cc4)C(=CN)C[C@]3(CO)C2)n1. The molecule has 0 unspecified atom stereocenters. The lowest BCUT2D eigenvalue weighted by molar-refractivity contribution is -0.115. The van der Waals surface area contributed by atoms with Crippen molar-refractivity contribution in [1.29, 1.82) is 0 Å². The number of aryl methyl sites for hydroxylation is 2. The molecule has 2 heterocycles. The van der Waals surface area contributed by atoms with Crippen LogP contribution in [0.15, 0.2) is 128 Å². The van der Waals surface area contributed by atoms with E-state index in [0.717, 1.165) is 76.8 Å². The van der Waals surface area contributed by atoms with Gasteiger partial charge in [0.1, 0.15) is 30.6 Å². The second-order valence-electron chi connectivity index (χ2n) is 15.1. The van der Waals surface area contributed by atoms with Gasteiger partial charge in [-0.1, -0.05) is 34.7 Å². The lowest BCUT2D eigenvalue weighted by Gasteiger charge is -2.44. The minimum absolute atomic E-state index is 0.0622. The molecule has 4 aliphatic rings. The molecule has 0 saturated heterocycles. The van der Waals surface area contributed by atoms with Crippen molar-refractivity contribution in [3.05, 3.63) is 120 Å². The highest BCUT2D eigenvalue weighted by atomic mass is 32.2. The molecule has 12 nitrogen and oxygen atoms in total. The summed E-state index contributed by atoms with van der Waals surface area (Å²) < 4.78 is 29.7. The first-order chi connectivity index (χ1) is 28.0. The molecule has 4 aromatic rings. The minimum atomic E-state index is -0.572. The highest BCUT2D eigenvalue weighted by molar-refractivity contribution is 8.00. The zero-order valence-corrected chi connectivity index (χ0v) is 34.0. The molecule has 5 N–H and O–H groups in total. The molecule has 2 saturated carbocycles. The third-order valence-electron chi connectivity index (χ3n) is 11.1. The van der Waals surface area contributed by atoms with E-state index in [4.69, 9.17) is 11.5 Å². The van der Waals surface area contributed by atoms with Gasteiger partial charge >= 0.3 is 0 Å². The number of nitrogens with zero attached hydrogens (tertiary/aromatic N) is 8. The number of aromatic nitrogens is 6. The van der Waals surface area contributed by atoms with Crippen LogP contribution < -0.4 is 11.5 Å². The lowest BCUT2D eigenvalue weighted by atomic mass is 9.63. The number of rotatable bonds is 8. The second-order valence-corrected chi connectivity index (χ2v) is 17.6. The number of aldehydes is 1. The van der Waals surface area contributed by atoms with Crippen molar-refractivity contribution in [1.82, 2.24) is 29.5 Å². The number of hydrogen-bond acceptors (Lipinski definition) is 12. The molecule has 0 radical (unpaired) electrons. The van der Waals surface area contributed by atoms with Gasteiger partial charge < -0.3 is 21.4 Å². The fourth-order valence-electron chi connectivity index (χ4n) is 8.11. The number of fused-ring (bicyclic) bond motifs is 2. The van der Waals surface area contributed by atoms with E-state index in [-0.39, 0.29) is 28.9 Å². The summed E-state index contributed by atoms with van der Waals surface area (Å²) in [7, 11) is 3.70. The number of allylic oxidation sites excluding steroid dienone is 5. The largest absolute Gasteiger partial charge is 0.404 e. The highest BCUT2D eigenvalue weighted by Crippen LogP contribution is 2.52. The fraction of sp³-hybridized carbons (Fsp3) is 0.357. The Labute approximate surface area is 344 Å². The number of thioether (sulfide) groups is 2. The van der Waals surface area contributed by atoms with E-state index < -0.39 is 5.41 Å². The van der Waals surface area contributed by atoms with Crippen molar-refractivity contribution in [2.45, 2.75) is 72.2 Å². The smallest absolute Gasteiger partial charge is 0.208 e. The third-order valence-corrected chi connectivity index (χ3v) is 13.4. The van der Waals surface area contributed by atoms with Gasteiger partial charge in [-0.2, -0.15) is 0 Å². The summed E-state index contributed by atoms with van der Waals surface area (Å²) in [5, 5.41) is 21.1. The number of aliphatic imine (C=N–C) groups is 2. The first-order valence-electron chi connectivity index (χ1n) is 19.1. The van der Waals surface area contributed by atoms with Crippen LogP contribution in [-0.2, 0) is 18.9 Å². The number of carbonyl (C=O) groups excluding carboxylic acids is 1. The maximum absolute atomic E-state index is 13.2. The summed E-state index contributed by atoms with van der Waals surface area (Å²) in [6.07, 6.45) is 17.9. The Morgan fingerprint density at radius 2 is 1.26 bits per heavy atom. The van der Waals surface area contributed by atoms with E-state index in [1.165, 1.54) is 36.0 Å². The summed E-state index contributed by atoms with van der Waals surface area (Å²) in [5.41, 5.74) is 17.8. The zero-order chi connectivity index (χ0) is 40.9. The van der Waals surface area contributed by atoms with Crippen molar-refractivity contribution >= 4 is 52.6 Å². The molecule has 16 heteroatoms. The van der Waals surface area contributed by atoms with Crippen LogP contribution in [0.4, 0.5) is 20.2 Å². The normalized spacial score (nSPS) is 27.1. The second kappa shape index (κ2) is 17.7. The Bertz CT molecular complexity index is 2320. The monoisotopic (exact) mass is 824 g/mol. The van der Waals surface area contributed by atoms with Crippen LogP contribution in [0.5, 0.6) is 0 Å². The lowest BCUT2D eigenvalue weighted by Crippen LogP contribution is -2.39. The molecule has 8 rings (SSSR count). The minimum Gasteiger partial charge on any atom is -0.404 e. The maximum atomic E-state index is 13.2. The molecule has 0 bridgehead atoms. The van der Waals surface area contributed by atoms with Gasteiger partial charge in [-0.25, -0.2) is 28.7 Å². The van der Waals surface area contributed by atoms with Crippen LogP contribution in [-0.4, -0.2) is 69.5 Å². The number of nitrogens with two attached hydrogens (primary N) is 2. The van der Waals surface area contributed by atoms with Gasteiger partial charge in [-0.15, -0.1) is 10.2 Å². The van der Waals surface area contributed by atoms with E-state index in [1.807, 2.05) is 20.2 Å². The molecular weight excluding hydrogens is 779 g/mol. The first kappa shape index (κ1) is 41.0. The molecule has 58 heavy (non-hydrogen) atoms. The Morgan fingerprint density at radius 1 is 0.776 bits per heavy atom. The maximum Gasteiger partial charge on any atom is 0.208 e. The number of carbonyl (C=O) groups is 1. The number of aliphatic hydroxyl groups is 1. The van der Waals surface area contributed by atoms with E-state index in [9.17, 15) is 18.7 Å². The van der Waals surface area contributed by atoms with Gasteiger partial charge in [-0.05, 0) is 136 Å². The van der Waals surface area contributed by atoms with Crippen molar-refractivity contribution in [3.63, 3.8) is 0 Å². The van der Waals surface area contributed by atoms with Crippen LogP contribution >= 0.6 is 23.5 Å². The first-order valence-corrected chi connectivity index (χ1v) is 20.8. The summed E-state index contributed by atoms with van der Waals surface area (Å²) in [5.74, 6) is -0.591. The number of aliphatic hydroxyl groups excluding tert-OH is 1. The van der Waals surface area contributed by atoms with Gasteiger partial charge in [0.05, 0.1) is 34.8 Å². The van der Waals surface area contributed by atoms with E-state index in [1.54, 1.807) is 76.0 Å². The Balaban J connectivity index is 0.000000177. The molecule has 302 valence electrons. The molecule has 2 aromatic heterocycles. The average Bonchev–Trinajstić information content (AvgIpc) is 3.85. The van der Waals surface area contributed by atoms with Crippen molar-refractivity contribution in [3.8, 4) is 0 Å². The number of benzene rings is 2. The van der Waals surface area contributed by atoms with Crippen LogP contribution in [0.25, 0.3) is 0 Å². The van der Waals surface area contributed by atoms with Gasteiger partial charge in [0.15, 0.2) is 0 Å². The molecule has 4 aliphatic carbocycles. The molecule has 2 aromatic carbocycles. The predicted molar refractivity (Wildman–Crippen MR) is 224 cm³/mol. The van der Waals surface area contributed by atoms with Crippen LogP contribution in [0.2, 0.25) is 0 Å². The Morgan fingerprint density at radius 3 is 1.72 bits per heavy atom. The van der Waals surface area contributed by atoms with Gasteiger partial charge in [0.25, 0.3) is 0 Å². The summed E-state index contributed by atoms with van der Waals surface area (Å²) in [6, 6.07) is 12.1. The third kappa shape index (κ3) is 9.24. The van der Waals surface area contributed by atoms with Crippen LogP contribution in [0.1, 0.15) is 51.4 Å². The van der Waals surface area contributed by atoms with Gasteiger partial charge in [0.2, 0.25) is 10.3 Å². The fourth-order valence-corrected chi connectivity index (χ4v) is 10.5. The van der Waals surface area contributed by atoms with E-state index >= 15 is 0 Å². The average molecular weight is 825 g/mol. The van der Waals surface area contributed by atoms with Crippen LogP contribution in [0, 0.1) is 22.5 Å². The Hall–Kier alpha value is -5.19. The van der Waals surface area contributed by atoms with Crippen molar-refractivity contribution in [2.75, 3.05) is 6.61 Å². The number of halogens is 2. The van der Waals surface area contributed by atoms with Gasteiger partial charge in [0, 0.05) is 30.0 Å². The van der Waals surface area contributed by atoms with E-state index in [2.05, 4.69) is 36.2 Å². The predicted octanol–water partition coefficient (Wildman–Crippen LogP) is 7.25. The summed E-state index contributed by atoms with van der Waals surface area (Å²) >= 11 is 3.29. The topological polar surface area (TPSA) is 175 Å². The molecule has 4 atom stereocenters.